The summed E-state index contributed by atoms with van der Waals surface area (Å²) in [4.78, 5) is 0. The summed E-state index contributed by atoms with van der Waals surface area (Å²) < 4.78 is 15.3. The van der Waals surface area contributed by atoms with Crippen molar-refractivity contribution < 1.29 is 4.39 Å². The van der Waals surface area contributed by atoms with Gasteiger partial charge in [-0.2, -0.15) is 5.10 Å². The molecule has 19 heavy (non-hydrogen) atoms. The van der Waals surface area contributed by atoms with E-state index in [1.807, 2.05) is 13.0 Å². The van der Waals surface area contributed by atoms with Crippen LogP contribution >= 0.6 is 0 Å². The van der Waals surface area contributed by atoms with E-state index in [1.54, 1.807) is 12.1 Å². The molecule has 2 N–H and O–H groups in total. The fraction of sp³-hybridized carbons (Fsp3) is 0.400. The monoisotopic (exact) mass is 261 g/mol. The summed E-state index contributed by atoms with van der Waals surface area (Å²) in [5.74, 6) is 0.145. The Balaban J connectivity index is 2.43. The van der Waals surface area contributed by atoms with Crippen LogP contribution in [0.3, 0.4) is 0 Å². The Labute approximate surface area is 113 Å². The molecule has 0 aliphatic carbocycles. The topological polar surface area (TPSA) is 43.8 Å². The van der Waals surface area contributed by atoms with Gasteiger partial charge in [0.1, 0.15) is 17.3 Å². The second-order valence-corrected chi connectivity index (χ2v) is 6.16. The average molecular weight is 261 g/mol. The van der Waals surface area contributed by atoms with Crippen molar-refractivity contribution in [2.75, 3.05) is 5.73 Å². The van der Waals surface area contributed by atoms with Crippen LogP contribution in [-0.4, -0.2) is 9.78 Å². The van der Waals surface area contributed by atoms with E-state index in [9.17, 15) is 4.39 Å². The largest absolute Gasteiger partial charge is 0.384 e. The van der Waals surface area contributed by atoms with Crippen LogP contribution in [0.2, 0.25) is 0 Å². The van der Waals surface area contributed by atoms with Crippen LogP contribution in [0.1, 0.15) is 32.0 Å². The van der Waals surface area contributed by atoms with E-state index in [0.29, 0.717) is 11.5 Å². The molecule has 1 aromatic carbocycles. The maximum Gasteiger partial charge on any atom is 0.148 e. The molecule has 0 fully saturated rings. The first-order chi connectivity index (χ1) is 8.76. The number of rotatable bonds is 2. The molecule has 2 rings (SSSR count). The number of anilines is 1. The van der Waals surface area contributed by atoms with Crippen LogP contribution in [0.4, 0.5) is 10.2 Å². The van der Waals surface area contributed by atoms with Crippen LogP contribution in [0.5, 0.6) is 0 Å². The third-order valence-electron chi connectivity index (χ3n) is 2.83. The minimum atomic E-state index is -0.317. The number of hydrogen-bond acceptors (Lipinski definition) is 2. The number of hydrogen-bond donors (Lipinski definition) is 1. The molecule has 0 aliphatic heterocycles. The fourth-order valence-corrected chi connectivity index (χ4v) is 2.05. The summed E-state index contributed by atoms with van der Waals surface area (Å²) in [7, 11) is 0. The third-order valence-corrected chi connectivity index (χ3v) is 2.83. The molecular weight excluding hydrogens is 241 g/mol. The van der Waals surface area contributed by atoms with Crippen molar-refractivity contribution in [2.24, 2.45) is 5.41 Å². The summed E-state index contributed by atoms with van der Waals surface area (Å²) in [6, 6.07) is 6.73. The maximum atomic E-state index is 13.9. The van der Waals surface area contributed by atoms with Gasteiger partial charge in [-0.1, -0.05) is 26.8 Å². The molecular formula is C15H20FN3. The first-order valence-corrected chi connectivity index (χ1v) is 6.37. The van der Waals surface area contributed by atoms with E-state index in [-0.39, 0.29) is 11.2 Å². The van der Waals surface area contributed by atoms with Gasteiger partial charge in [-0.15, -0.1) is 0 Å². The van der Waals surface area contributed by atoms with E-state index in [1.165, 1.54) is 10.7 Å². The quantitative estimate of drug-likeness (QED) is 0.899. The van der Waals surface area contributed by atoms with Crippen LogP contribution in [0.25, 0.3) is 5.69 Å². The lowest BCUT2D eigenvalue weighted by Crippen LogP contribution is -2.10. The lowest BCUT2D eigenvalue weighted by molar-refractivity contribution is 0.405. The van der Waals surface area contributed by atoms with Gasteiger partial charge in [0.05, 0.1) is 5.69 Å². The zero-order chi connectivity index (χ0) is 14.2. The van der Waals surface area contributed by atoms with Crippen molar-refractivity contribution >= 4 is 5.82 Å². The van der Waals surface area contributed by atoms with Gasteiger partial charge >= 0.3 is 0 Å². The molecule has 0 radical (unpaired) electrons. The van der Waals surface area contributed by atoms with E-state index >= 15 is 0 Å². The molecule has 0 saturated carbocycles. The average Bonchev–Trinajstić information content (AvgIpc) is 2.60. The summed E-state index contributed by atoms with van der Waals surface area (Å²) in [6.45, 7) is 8.32. The minimum Gasteiger partial charge on any atom is -0.384 e. The Morgan fingerprint density at radius 1 is 1.26 bits per heavy atom. The minimum absolute atomic E-state index is 0.122. The zero-order valence-electron chi connectivity index (χ0n) is 11.9. The van der Waals surface area contributed by atoms with Gasteiger partial charge in [0.25, 0.3) is 0 Å². The van der Waals surface area contributed by atoms with Crippen molar-refractivity contribution in [3.63, 3.8) is 0 Å². The Kier molecular flexibility index (Phi) is 3.35. The van der Waals surface area contributed by atoms with Gasteiger partial charge < -0.3 is 5.73 Å². The first kappa shape index (κ1) is 13.6. The predicted molar refractivity (Wildman–Crippen MR) is 75.8 cm³/mol. The Morgan fingerprint density at radius 2 is 1.95 bits per heavy atom. The standard InChI is InChI=1S/C15H20FN3/c1-10-5-6-12(16)13(7-10)19-14(17)8-11(18-19)9-15(2,3)4/h5-8H,9,17H2,1-4H3. The van der Waals surface area contributed by atoms with Crippen molar-refractivity contribution in [2.45, 2.75) is 34.1 Å². The van der Waals surface area contributed by atoms with Crippen molar-refractivity contribution in [3.05, 3.63) is 41.3 Å². The lowest BCUT2D eigenvalue weighted by Gasteiger charge is -2.15. The van der Waals surface area contributed by atoms with Crippen molar-refractivity contribution in [3.8, 4) is 5.69 Å². The lowest BCUT2D eigenvalue weighted by atomic mass is 9.91. The van der Waals surface area contributed by atoms with Gasteiger partial charge in [0, 0.05) is 6.07 Å². The molecule has 0 atom stereocenters. The Hall–Kier alpha value is -1.84. The predicted octanol–water partition coefficient (Wildman–Crippen LogP) is 3.49. The molecule has 102 valence electrons. The molecule has 3 nitrogen and oxygen atoms in total. The number of aromatic nitrogens is 2. The molecule has 1 heterocycles. The number of nitrogens with two attached hydrogens (primary N) is 1. The second kappa shape index (κ2) is 4.68. The van der Waals surface area contributed by atoms with Crippen LogP contribution in [-0.2, 0) is 6.42 Å². The summed E-state index contributed by atoms with van der Waals surface area (Å²) in [6.07, 6.45) is 0.803. The molecule has 2 aromatic rings. The molecule has 0 amide bonds. The number of halogens is 1. The Bertz CT molecular complexity index is 594. The normalized spacial score (nSPS) is 11.8. The SMILES string of the molecule is Cc1ccc(F)c(-n2nc(CC(C)(C)C)cc2N)c1. The second-order valence-electron chi connectivity index (χ2n) is 6.16. The van der Waals surface area contributed by atoms with Gasteiger partial charge in [-0.25, -0.2) is 9.07 Å². The zero-order valence-corrected chi connectivity index (χ0v) is 11.9. The summed E-state index contributed by atoms with van der Waals surface area (Å²) in [5.41, 5.74) is 8.32. The highest BCUT2D eigenvalue weighted by Gasteiger charge is 2.16. The number of nitrogen functional groups attached to an aromatic ring is 1. The highest BCUT2D eigenvalue weighted by atomic mass is 19.1. The van der Waals surface area contributed by atoms with Gasteiger partial charge in [-0.3, -0.25) is 0 Å². The van der Waals surface area contributed by atoms with Gasteiger partial charge in [0.2, 0.25) is 0 Å². The van der Waals surface area contributed by atoms with Gasteiger partial charge in [0.15, 0.2) is 0 Å². The van der Waals surface area contributed by atoms with Gasteiger partial charge in [-0.05, 0) is 36.5 Å². The number of benzene rings is 1. The molecule has 4 heteroatoms. The third kappa shape index (κ3) is 3.13. The van der Waals surface area contributed by atoms with E-state index in [0.717, 1.165) is 17.7 Å². The first-order valence-electron chi connectivity index (χ1n) is 6.37. The summed E-state index contributed by atoms with van der Waals surface area (Å²) in [5, 5.41) is 4.42. The smallest absolute Gasteiger partial charge is 0.148 e. The Morgan fingerprint density at radius 3 is 2.58 bits per heavy atom. The summed E-state index contributed by atoms with van der Waals surface area (Å²) >= 11 is 0. The highest BCUT2D eigenvalue weighted by Crippen LogP contribution is 2.24. The molecule has 0 spiro atoms. The molecule has 0 bridgehead atoms. The molecule has 1 aromatic heterocycles. The van der Waals surface area contributed by atoms with E-state index in [2.05, 4.69) is 25.9 Å². The molecule has 0 unspecified atom stereocenters. The van der Waals surface area contributed by atoms with Crippen molar-refractivity contribution in [1.82, 2.24) is 9.78 Å². The molecule has 0 aliphatic rings. The number of aryl methyl sites for hydroxylation is 1. The fourth-order valence-electron chi connectivity index (χ4n) is 2.05. The van der Waals surface area contributed by atoms with Crippen LogP contribution < -0.4 is 5.73 Å². The van der Waals surface area contributed by atoms with Crippen LogP contribution in [0.15, 0.2) is 24.3 Å². The van der Waals surface area contributed by atoms with Crippen molar-refractivity contribution in [1.29, 1.82) is 0 Å². The van der Waals surface area contributed by atoms with E-state index < -0.39 is 0 Å². The number of nitrogens with zero attached hydrogens (tertiary/aromatic N) is 2. The van der Waals surface area contributed by atoms with E-state index in [4.69, 9.17) is 5.73 Å². The highest BCUT2D eigenvalue weighted by molar-refractivity contribution is 5.45. The maximum absolute atomic E-state index is 13.9. The molecule has 0 saturated heterocycles. The van der Waals surface area contributed by atoms with Crippen LogP contribution in [0, 0.1) is 18.2 Å².